The van der Waals surface area contributed by atoms with Crippen molar-refractivity contribution in [1.29, 1.82) is 0 Å². The van der Waals surface area contributed by atoms with Crippen LogP contribution < -0.4 is 4.90 Å². The Morgan fingerprint density at radius 1 is 1.30 bits per heavy atom. The fraction of sp³-hybridized carbons (Fsp3) is 0.500. The van der Waals surface area contributed by atoms with E-state index in [4.69, 9.17) is 5.11 Å². The van der Waals surface area contributed by atoms with Crippen LogP contribution in [-0.4, -0.2) is 30.3 Å². The summed E-state index contributed by atoms with van der Waals surface area (Å²) in [6, 6.07) is 4.88. The number of carbonyl (C=O) groups is 1. The Balaban J connectivity index is 2.08. The van der Waals surface area contributed by atoms with Crippen molar-refractivity contribution in [2.45, 2.75) is 25.9 Å². The standard InChI is InChI=1S/C14H16F3NO2/c1-9-8-11(2-3-12(9)13(19)20)18-6-4-10(5-7-18)14(15,16)17/h2-3,8,10H,4-7H2,1H3,(H,19,20). The first kappa shape index (κ1) is 14.7. The number of benzene rings is 1. The van der Waals surface area contributed by atoms with Crippen LogP contribution in [0.4, 0.5) is 18.9 Å². The Kier molecular flexibility index (Phi) is 3.92. The molecule has 3 nitrogen and oxygen atoms in total. The van der Waals surface area contributed by atoms with Gasteiger partial charge in [-0.3, -0.25) is 0 Å². The zero-order chi connectivity index (χ0) is 14.9. The van der Waals surface area contributed by atoms with E-state index in [1.807, 2.05) is 4.90 Å². The molecule has 1 aliphatic rings. The number of aryl methyl sites for hydroxylation is 1. The molecule has 1 N–H and O–H groups in total. The van der Waals surface area contributed by atoms with E-state index in [1.165, 1.54) is 6.07 Å². The van der Waals surface area contributed by atoms with Crippen LogP contribution in [0.1, 0.15) is 28.8 Å². The van der Waals surface area contributed by atoms with Gasteiger partial charge in [0.25, 0.3) is 0 Å². The summed E-state index contributed by atoms with van der Waals surface area (Å²) in [7, 11) is 0. The van der Waals surface area contributed by atoms with Gasteiger partial charge in [0.1, 0.15) is 0 Å². The van der Waals surface area contributed by atoms with Crippen LogP contribution in [0.2, 0.25) is 0 Å². The van der Waals surface area contributed by atoms with Crippen LogP contribution in [0.3, 0.4) is 0 Å². The van der Waals surface area contributed by atoms with E-state index in [9.17, 15) is 18.0 Å². The van der Waals surface area contributed by atoms with Gasteiger partial charge in [-0.25, -0.2) is 4.79 Å². The van der Waals surface area contributed by atoms with E-state index in [0.29, 0.717) is 18.7 Å². The van der Waals surface area contributed by atoms with E-state index in [-0.39, 0.29) is 18.4 Å². The Morgan fingerprint density at radius 3 is 2.35 bits per heavy atom. The predicted octanol–water partition coefficient (Wildman–Crippen LogP) is 3.47. The van der Waals surface area contributed by atoms with Crippen LogP contribution in [0.15, 0.2) is 18.2 Å². The molecule has 0 unspecified atom stereocenters. The van der Waals surface area contributed by atoms with Crippen molar-refractivity contribution in [2.75, 3.05) is 18.0 Å². The maximum atomic E-state index is 12.6. The lowest BCUT2D eigenvalue weighted by molar-refractivity contribution is -0.179. The van der Waals surface area contributed by atoms with Crippen molar-refractivity contribution in [3.05, 3.63) is 29.3 Å². The van der Waals surface area contributed by atoms with E-state index < -0.39 is 18.1 Å². The second-order valence-electron chi connectivity index (χ2n) is 5.11. The molecule has 0 aromatic heterocycles. The van der Waals surface area contributed by atoms with Gasteiger partial charge in [-0.05, 0) is 43.5 Å². The topological polar surface area (TPSA) is 40.5 Å². The number of carboxylic acids is 1. The number of rotatable bonds is 2. The summed E-state index contributed by atoms with van der Waals surface area (Å²) < 4.78 is 37.8. The Labute approximate surface area is 115 Å². The van der Waals surface area contributed by atoms with E-state index in [0.717, 1.165) is 5.69 Å². The first-order chi connectivity index (χ1) is 9.29. The highest BCUT2D eigenvalue weighted by Crippen LogP contribution is 2.35. The molecule has 0 spiro atoms. The number of aromatic carboxylic acids is 1. The summed E-state index contributed by atoms with van der Waals surface area (Å²) in [6.45, 7) is 2.38. The van der Waals surface area contributed by atoms with Crippen molar-refractivity contribution in [1.82, 2.24) is 0 Å². The van der Waals surface area contributed by atoms with Gasteiger partial charge >= 0.3 is 12.1 Å². The number of piperidine rings is 1. The molecule has 1 heterocycles. The highest BCUT2D eigenvalue weighted by Gasteiger charge is 2.41. The Bertz CT molecular complexity index is 506. The van der Waals surface area contributed by atoms with Gasteiger partial charge in [0.2, 0.25) is 0 Å². The smallest absolute Gasteiger partial charge is 0.391 e. The first-order valence-corrected chi connectivity index (χ1v) is 6.44. The van der Waals surface area contributed by atoms with Gasteiger partial charge in [-0.1, -0.05) is 0 Å². The molecule has 110 valence electrons. The SMILES string of the molecule is Cc1cc(N2CCC(C(F)(F)F)CC2)ccc1C(=O)O. The van der Waals surface area contributed by atoms with E-state index in [1.54, 1.807) is 19.1 Å². The van der Waals surface area contributed by atoms with Gasteiger partial charge in [-0.2, -0.15) is 13.2 Å². The lowest BCUT2D eigenvalue weighted by Gasteiger charge is -2.34. The van der Waals surface area contributed by atoms with Gasteiger partial charge in [0, 0.05) is 18.8 Å². The average molecular weight is 287 g/mol. The van der Waals surface area contributed by atoms with Crippen LogP contribution in [0, 0.1) is 12.8 Å². The van der Waals surface area contributed by atoms with E-state index >= 15 is 0 Å². The number of hydrogen-bond donors (Lipinski definition) is 1. The molecule has 20 heavy (non-hydrogen) atoms. The molecule has 1 aliphatic heterocycles. The molecule has 0 amide bonds. The molecule has 1 saturated heterocycles. The predicted molar refractivity (Wildman–Crippen MR) is 69.1 cm³/mol. The summed E-state index contributed by atoms with van der Waals surface area (Å²) in [6.07, 6.45) is -3.94. The largest absolute Gasteiger partial charge is 0.478 e. The van der Waals surface area contributed by atoms with Gasteiger partial charge in [0.05, 0.1) is 11.5 Å². The molecular formula is C14H16F3NO2. The fourth-order valence-corrected chi connectivity index (χ4v) is 2.55. The minimum atomic E-state index is -4.12. The molecule has 2 rings (SSSR count). The number of carboxylic acid groups (broad SMARTS) is 1. The summed E-state index contributed by atoms with van der Waals surface area (Å²) in [5.74, 6) is -2.22. The molecule has 1 aromatic rings. The molecule has 0 bridgehead atoms. The third-order valence-electron chi connectivity index (χ3n) is 3.76. The van der Waals surface area contributed by atoms with Crippen LogP contribution in [0.25, 0.3) is 0 Å². The zero-order valence-corrected chi connectivity index (χ0v) is 11.1. The third-order valence-corrected chi connectivity index (χ3v) is 3.76. The lowest BCUT2D eigenvalue weighted by atomic mass is 9.95. The number of nitrogens with zero attached hydrogens (tertiary/aromatic N) is 1. The summed E-state index contributed by atoms with van der Waals surface area (Å²) in [5, 5.41) is 8.95. The Hall–Kier alpha value is -1.72. The van der Waals surface area contributed by atoms with Gasteiger partial charge in [0.15, 0.2) is 0 Å². The number of halogens is 3. The average Bonchev–Trinajstić information content (AvgIpc) is 2.37. The summed E-state index contributed by atoms with van der Waals surface area (Å²) in [4.78, 5) is 12.8. The fourth-order valence-electron chi connectivity index (χ4n) is 2.55. The van der Waals surface area contributed by atoms with Gasteiger partial charge < -0.3 is 10.0 Å². The van der Waals surface area contributed by atoms with Crippen molar-refractivity contribution in [2.24, 2.45) is 5.92 Å². The highest BCUT2D eigenvalue weighted by molar-refractivity contribution is 5.89. The molecule has 6 heteroatoms. The minimum Gasteiger partial charge on any atom is -0.478 e. The van der Waals surface area contributed by atoms with Crippen molar-refractivity contribution in [3.63, 3.8) is 0 Å². The quantitative estimate of drug-likeness (QED) is 0.905. The van der Waals surface area contributed by atoms with Gasteiger partial charge in [-0.15, -0.1) is 0 Å². The number of alkyl halides is 3. The van der Waals surface area contributed by atoms with Crippen molar-refractivity contribution in [3.8, 4) is 0 Å². The summed E-state index contributed by atoms with van der Waals surface area (Å²) in [5.41, 5.74) is 1.62. The zero-order valence-electron chi connectivity index (χ0n) is 11.1. The molecule has 1 fully saturated rings. The van der Waals surface area contributed by atoms with E-state index in [2.05, 4.69) is 0 Å². The summed E-state index contributed by atoms with van der Waals surface area (Å²) >= 11 is 0. The first-order valence-electron chi connectivity index (χ1n) is 6.44. The second kappa shape index (κ2) is 5.34. The minimum absolute atomic E-state index is 0.0865. The number of anilines is 1. The normalized spacial score (nSPS) is 17.3. The molecule has 0 saturated carbocycles. The Morgan fingerprint density at radius 2 is 1.90 bits per heavy atom. The van der Waals surface area contributed by atoms with Crippen molar-refractivity contribution >= 4 is 11.7 Å². The monoisotopic (exact) mass is 287 g/mol. The maximum absolute atomic E-state index is 12.6. The molecular weight excluding hydrogens is 271 g/mol. The molecule has 1 aromatic carbocycles. The highest BCUT2D eigenvalue weighted by atomic mass is 19.4. The lowest BCUT2D eigenvalue weighted by Crippen LogP contribution is -2.39. The number of hydrogen-bond acceptors (Lipinski definition) is 2. The maximum Gasteiger partial charge on any atom is 0.391 e. The van der Waals surface area contributed by atoms with Crippen LogP contribution in [0.5, 0.6) is 0 Å². The van der Waals surface area contributed by atoms with Crippen LogP contribution >= 0.6 is 0 Å². The van der Waals surface area contributed by atoms with Crippen molar-refractivity contribution < 1.29 is 23.1 Å². The second-order valence-corrected chi connectivity index (χ2v) is 5.11. The third kappa shape index (κ3) is 3.05. The molecule has 0 radical (unpaired) electrons. The molecule has 0 aliphatic carbocycles. The molecule has 0 atom stereocenters. The van der Waals surface area contributed by atoms with Crippen LogP contribution in [-0.2, 0) is 0 Å².